The number of pyridine rings is 1. The molecule has 1 unspecified atom stereocenters. The van der Waals surface area contributed by atoms with Crippen LogP contribution in [0.4, 0.5) is 5.82 Å². The lowest BCUT2D eigenvalue weighted by atomic mass is 10.0. The van der Waals surface area contributed by atoms with E-state index in [2.05, 4.69) is 4.90 Å². The number of benzene rings is 1. The van der Waals surface area contributed by atoms with Crippen molar-refractivity contribution in [3.05, 3.63) is 34.3 Å². The van der Waals surface area contributed by atoms with Gasteiger partial charge in [0, 0.05) is 25.0 Å². The molecule has 3 heterocycles. The van der Waals surface area contributed by atoms with Gasteiger partial charge in [-0.2, -0.15) is 0 Å². The molecule has 22 heavy (non-hydrogen) atoms. The number of ether oxygens (including phenoxy) is 2. The first kappa shape index (κ1) is 14.5. The van der Waals surface area contributed by atoms with E-state index in [4.69, 9.17) is 37.7 Å². The highest BCUT2D eigenvalue weighted by Gasteiger charge is 2.40. The fourth-order valence-corrected chi connectivity index (χ4v) is 3.53. The molecule has 4 nitrogen and oxygen atoms in total. The Morgan fingerprint density at radius 3 is 2.82 bits per heavy atom. The summed E-state index contributed by atoms with van der Waals surface area (Å²) in [6.07, 6.45) is 0.934. The first-order valence-electron chi connectivity index (χ1n) is 7.38. The number of nitrogens with zero attached hydrogens (tertiary/aromatic N) is 2. The zero-order valence-corrected chi connectivity index (χ0v) is 13.5. The van der Waals surface area contributed by atoms with E-state index in [1.54, 1.807) is 6.07 Å². The smallest absolute Gasteiger partial charge is 0.129 e. The molecule has 2 aliphatic rings. The second-order valence-electron chi connectivity index (χ2n) is 5.86. The van der Waals surface area contributed by atoms with Crippen LogP contribution in [0.2, 0.25) is 10.0 Å². The van der Waals surface area contributed by atoms with Gasteiger partial charge in [0.05, 0.1) is 35.3 Å². The van der Waals surface area contributed by atoms with Crippen LogP contribution in [0, 0.1) is 0 Å². The molecule has 2 fully saturated rings. The van der Waals surface area contributed by atoms with Gasteiger partial charge in [-0.3, -0.25) is 0 Å². The van der Waals surface area contributed by atoms with Crippen LogP contribution in [0.5, 0.6) is 0 Å². The summed E-state index contributed by atoms with van der Waals surface area (Å²) in [6, 6.07) is 7.80. The number of fused-ring (bicyclic) bond motifs is 1. The average molecular weight is 339 g/mol. The summed E-state index contributed by atoms with van der Waals surface area (Å²) < 4.78 is 11.5. The Balaban J connectivity index is 1.70. The normalized spacial score (nSPS) is 25.3. The lowest BCUT2D eigenvalue weighted by molar-refractivity contribution is -0.0581. The van der Waals surface area contributed by atoms with Crippen LogP contribution in [0.25, 0.3) is 10.9 Å². The van der Waals surface area contributed by atoms with Gasteiger partial charge in [0.2, 0.25) is 0 Å². The predicted octanol–water partition coefficient (Wildman–Crippen LogP) is 3.54. The lowest BCUT2D eigenvalue weighted by Crippen LogP contribution is -2.52. The van der Waals surface area contributed by atoms with Crippen LogP contribution in [-0.4, -0.2) is 43.5 Å². The first-order chi connectivity index (χ1) is 10.7. The number of hydrogen-bond acceptors (Lipinski definition) is 4. The minimum atomic E-state index is -0.187. The van der Waals surface area contributed by atoms with Crippen molar-refractivity contribution in [1.82, 2.24) is 4.98 Å². The molecule has 0 aliphatic carbocycles. The lowest BCUT2D eigenvalue weighted by Gasteiger charge is -2.40. The van der Waals surface area contributed by atoms with Gasteiger partial charge in [0.1, 0.15) is 11.4 Å². The highest BCUT2D eigenvalue weighted by molar-refractivity contribution is 6.45. The van der Waals surface area contributed by atoms with Crippen molar-refractivity contribution in [3.63, 3.8) is 0 Å². The van der Waals surface area contributed by atoms with Crippen LogP contribution in [0.1, 0.15) is 6.42 Å². The number of rotatable bonds is 1. The number of aromatic nitrogens is 1. The minimum Gasteiger partial charge on any atom is -0.378 e. The molecule has 2 aromatic rings. The first-order valence-corrected chi connectivity index (χ1v) is 8.14. The van der Waals surface area contributed by atoms with E-state index in [1.165, 1.54) is 0 Å². The van der Waals surface area contributed by atoms with Gasteiger partial charge in [-0.05, 0) is 18.2 Å². The Bertz CT molecular complexity index is 717. The van der Waals surface area contributed by atoms with Gasteiger partial charge in [0.15, 0.2) is 0 Å². The van der Waals surface area contributed by atoms with Crippen molar-refractivity contribution in [2.75, 3.05) is 37.8 Å². The molecule has 1 spiro atoms. The van der Waals surface area contributed by atoms with E-state index < -0.39 is 0 Å². The molecule has 1 aromatic heterocycles. The zero-order chi connectivity index (χ0) is 15.2. The summed E-state index contributed by atoms with van der Waals surface area (Å²) >= 11 is 12.4. The molecule has 4 rings (SSSR count). The third kappa shape index (κ3) is 2.44. The highest BCUT2D eigenvalue weighted by Crippen LogP contribution is 2.33. The summed E-state index contributed by atoms with van der Waals surface area (Å²) in [6.45, 7) is 3.72. The van der Waals surface area contributed by atoms with E-state index in [-0.39, 0.29) is 5.60 Å². The van der Waals surface area contributed by atoms with Crippen molar-refractivity contribution >= 4 is 39.9 Å². The number of hydrogen-bond donors (Lipinski definition) is 0. The molecule has 116 valence electrons. The van der Waals surface area contributed by atoms with Gasteiger partial charge in [-0.15, -0.1) is 0 Å². The summed E-state index contributed by atoms with van der Waals surface area (Å²) in [5, 5.41) is 2.03. The van der Waals surface area contributed by atoms with Gasteiger partial charge in [0.25, 0.3) is 0 Å². The molecule has 0 radical (unpaired) electrons. The molecular formula is C16H16Cl2N2O2. The Kier molecular flexibility index (Phi) is 3.65. The summed E-state index contributed by atoms with van der Waals surface area (Å²) in [5.74, 6) is 0.909. The highest BCUT2D eigenvalue weighted by atomic mass is 35.5. The molecule has 2 saturated heterocycles. The number of anilines is 1. The van der Waals surface area contributed by atoms with Gasteiger partial charge in [-0.1, -0.05) is 29.3 Å². The van der Waals surface area contributed by atoms with Crippen LogP contribution in [-0.2, 0) is 9.47 Å². The summed E-state index contributed by atoms with van der Waals surface area (Å²) in [7, 11) is 0. The second-order valence-corrected chi connectivity index (χ2v) is 6.64. The van der Waals surface area contributed by atoms with Crippen molar-refractivity contribution < 1.29 is 9.47 Å². The maximum Gasteiger partial charge on any atom is 0.129 e. The van der Waals surface area contributed by atoms with Gasteiger partial charge >= 0.3 is 0 Å². The van der Waals surface area contributed by atoms with Crippen LogP contribution < -0.4 is 4.90 Å². The zero-order valence-electron chi connectivity index (χ0n) is 12.0. The molecular weight excluding hydrogens is 323 g/mol. The predicted molar refractivity (Wildman–Crippen MR) is 88.1 cm³/mol. The van der Waals surface area contributed by atoms with E-state index in [1.807, 2.05) is 18.2 Å². The molecule has 2 aliphatic heterocycles. The van der Waals surface area contributed by atoms with Crippen molar-refractivity contribution in [2.24, 2.45) is 0 Å². The summed E-state index contributed by atoms with van der Waals surface area (Å²) in [5.41, 5.74) is 0.558. The van der Waals surface area contributed by atoms with E-state index in [0.717, 1.165) is 42.8 Å². The molecule has 0 saturated carbocycles. The standard InChI is InChI=1S/C16H16Cl2N2O2/c17-12-3-1-11-2-4-13(19-15(11)14(12)18)20-6-8-22-16(9-20)5-7-21-10-16/h1-4H,5-10H2. The third-order valence-electron chi connectivity index (χ3n) is 4.38. The molecule has 0 bridgehead atoms. The number of halogens is 2. The maximum absolute atomic E-state index is 6.30. The van der Waals surface area contributed by atoms with E-state index >= 15 is 0 Å². The minimum absolute atomic E-state index is 0.187. The quantitative estimate of drug-likeness (QED) is 0.796. The molecule has 0 amide bonds. The van der Waals surface area contributed by atoms with E-state index in [0.29, 0.717) is 23.3 Å². The van der Waals surface area contributed by atoms with Crippen LogP contribution in [0.15, 0.2) is 24.3 Å². The fraction of sp³-hybridized carbons (Fsp3) is 0.438. The third-order valence-corrected chi connectivity index (χ3v) is 5.17. The number of morpholine rings is 1. The molecule has 0 N–H and O–H groups in total. The molecule has 6 heteroatoms. The fourth-order valence-electron chi connectivity index (χ4n) is 3.16. The monoisotopic (exact) mass is 338 g/mol. The molecule has 1 atom stereocenters. The molecule has 1 aromatic carbocycles. The van der Waals surface area contributed by atoms with Crippen LogP contribution >= 0.6 is 23.2 Å². The van der Waals surface area contributed by atoms with Crippen molar-refractivity contribution in [3.8, 4) is 0 Å². The van der Waals surface area contributed by atoms with Gasteiger partial charge in [-0.25, -0.2) is 4.98 Å². The SMILES string of the molecule is Clc1ccc2ccc(N3CCOC4(CCOC4)C3)nc2c1Cl. The van der Waals surface area contributed by atoms with Crippen LogP contribution in [0.3, 0.4) is 0 Å². The Labute approximate surface area is 138 Å². The Morgan fingerprint density at radius 2 is 2.00 bits per heavy atom. The largest absolute Gasteiger partial charge is 0.378 e. The second kappa shape index (κ2) is 5.53. The van der Waals surface area contributed by atoms with E-state index in [9.17, 15) is 0 Å². The Morgan fingerprint density at radius 1 is 1.14 bits per heavy atom. The maximum atomic E-state index is 6.30. The van der Waals surface area contributed by atoms with Crippen molar-refractivity contribution in [1.29, 1.82) is 0 Å². The Hall–Kier alpha value is -1.07. The summed E-state index contributed by atoms with van der Waals surface area (Å²) in [4.78, 5) is 6.97. The topological polar surface area (TPSA) is 34.6 Å². The van der Waals surface area contributed by atoms with Crippen molar-refractivity contribution in [2.45, 2.75) is 12.0 Å². The average Bonchev–Trinajstić information content (AvgIpc) is 2.98. The van der Waals surface area contributed by atoms with Gasteiger partial charge < -0.3 is 14.4 Å².